The normalized spacial score (nSPS) is 17.3. The van der Waals surface area contributed by atoms with Gasteiger partial charge in [0.25, 0.3) is 5.56 Å². The number of hydrogen-bond acceptors (Lipinski definition) is 5. The van der Waals surface area contributed by atoms with Crippen molar-refractivity contribution in [2.24, 2.45) is 0 Å². The van der Waals surface area contributed by atoms with Crippen LogP contribution in [0.2, 0.25) is 0 Å². The number of rotatable bonds is 4. The summed E-state index contributed by atoms with van der Waals surface area (Å²) in [4.78, 5) is 39.3. The third kappa shape index (κ3) is 3.32. The van der Waals surface area contributed by atoms with E-state index in [1.807, 2.05) is 36.7 Å². The zero-order chi connectivity index (χ0) is 17.3. The SMILES string of the molecule is Cc1nccn1CC(=O)N1CCC(c2cc(=O)[nH]c(N(C)C)n2)C1. The molecule has 1 atom stereocenters. The van der Waals surface area contributed by atoms with Crippen molar-refractivity contribution in [2.75, 3.05) is 32.1 Å². The van der Waals surface area contributed by atoms with E-state index >= 15 is 0 Å². The third-order valence-corrected chi connectivity index (χ3v) is 4.36. The lowest BCUT2D eigenvalue weighted by molar-refractivity contribution is -0.130. The van der Waals surface area contributed by atoms with E-state index in [1.165, 1.54) is 6.07 Å². The molecule has 2 aromatic rings. The van der Waals surface area contributed by atoms with Gasteiger partial charge in [0.1, 0.15) is 12.4 Å². The number of nitrogens with zero attached hydrogens (tertiary/aromatic N) is 5. The minimum Gasteiger partial charge on any atom is -0.348 e. The number of anilines is 1. The molecule has 3 heterocycles. The lowest BCUT2D eigenvalue weighted by atomic mass is 10.1. The predicted octanol–water partition coefficient (Wildman–Crippen LogP) is 0.357. The molecule has 0 radical (unpaired) electrons. The first kappa shape index (κ1) is 16.2. The second-order valence-corrected chi connectivity index (χ2v) is 6.32. The smallest absolute Gasteiger partial charge is 0.252 e. The highest BCUT2D eigenvalue weighted by Gasteiger charge is 2.29. The van der Waals surface area contributed by atoms with E-state index in [2.05, 4.69) is 15.0 Å². The van der Waals surface area contributed by atoms with Gasteiger partial charge in [-0.1, -0.05) is 0 Å². The van der Waals surface area contributed by atoms with Crippen molar-refractivity contribution in [1.29, 1.82) is 0 Å². The number of nitrogens with one attached hydrogen (secondary N) is 1. The molecule has 1 fully saturated rings. The average molecular weight is 330 g/mol. The Balaban J connectivity index is 1.70. The Morgan fingerprint density at radius 3 is 2.92 bits per heavy atom. The molecule has 24 heavy (non-hydrogen) atoms. The second kappa shape index (κ2) is 6.46. The number of aromatic nitrogens is 4. The summed E-state index contributed by atoms with van der Waals surface area (Å²) in [5, 5.41) is 0. The zero-order valence-corrected chi connectivity index (χ0v) is 14.2. The van der Waals surface area contributed by atoms with E-state index in [-0.39, 0.29) is 17.4 Å². The molecule has 1 saturated heterocycles. The molecule has 128 valence electrons. The maximum atomic E-state index is 12.5. The Hall–Kier alpha value is -2.64. The highest BCUT2D eigenvalue weighted by atomic mass is 16.2. The third-order valence-electron chi connectivity index (χ3n) is 4.36. The monoisotopic (exact) mass is 330 g/mol. The fraction of sp³-hybridized carbons (Fsp3) is 0.500. The molecule has 8 nitrogen and oxygen atoms in total. The minimum absolute atomic E-state index is 0.0660. The number of aryl methyl sites for hydroxylation is 1. The Bertz CT molecular complexity index is 794. The summed E-state index contributed by atoms with van der Waals surface area (Å²) in [6.07, 6.45) is 4.32. The lowest BCUT2D eigenvalue weighted by Crippen LogP contribution is -2.32. The van der Waals surface area contributed by atoms with Gasteiger partial charge >= 0.3 is 0 Å². The quantitative estimate of drug-likeness (QED) is 0.874. The molecule has 0 saturated carbocycles. The van der Waals surface area contributed by atoms with E-state index in [9.17, 15) is 9.59 Å². The van der Waals surface area contributed by atoms with Crippen LogP contribution in [0.4, 0.5) is 5.95 Å². The standard InChI is InChI=1S/C16H22N6O2/c1-11-17-5-7-21(11)10-15(24)22-6-4-12(9-22)13-8-14(23)19-16(18-13)20(2)3/h5,7-8,12H,4,6,9-10H2,1-3H3,(H,18,19,23). The van der Waals surface area contributed by atoms with Crippen molar-refractivity contribution in [1.82, 2.24) is 24.4 Å². The van der Waals surface area contributed by atoms with Crippen LogP contribution in [-0.4, -0.2) is 57.5 Å². The summed E-state index contributed by atoms with van der Waals surface area (Å²) in [6.45, 7) is 3.45. The van der Waals surface area contributed by atoms with E-state index in [1.54, 1.807) is 11.1 Å². The number of imidazole rings is 1. The van der Waals surface area contributed by atoms with Crippen LogP contribution in [0.25, 0.3) is 0 Å². The fourth-order valence-electron chi connectivity index (χ4n) is 2.93. The lowest BCUT2D eigenvalue weighted by Gasteiger charge is -2.18. The van der Waals surface area contributed by atoms with Crippen LogP contribution in [-0.2, 0) is 11.3 Å². The second-order valence-electron chi connectivity index (χ2n) is 6.32. The summed E-state index contributed by atoms with van der Waals surface area (Å²) in [5.74, 6) is 1.53. The van der Waals surface area contributed by atoms with Crippen molar-refractivity contribution < 1.29 is 4.79 Å². The van der Waals surface area contributed by atoms with E-state index in [4.69, 9.17) is 0 Å². The maximum Gasteiger partial charge on any atom is 0.252 e. The van der Waals surface area contributed by atoms with Crippen LogP contribution in [0, 0.1) is 6.92 Å². The molecule has 1 unspecified atom stereocenters. The largest absolute Gasteiger partial charge is 0.348 e. The van der Waals surface area contributed by atoms with Gasteiger partial charge in [-0.3, -0.25) is 14.6 Å². The molecule has 8 heteroatoms. The number of carbonyl (C=O) groups excluding carboxylic acids is 1. The predicted molar refractivity (Wildman–Crippen MR) is 90.1 cm³/mol. The van der Waals surface area contributed by atoms with Gasteiger partial charge in [0.15, 0.2) is 0 Å². The van der Waals surface area contributed by atoms with Gasteiger partial charge in [-0.15, -0.1) is 0 Å². The van der Waals surface area contributed by atoms with Crippen molar-refractivity contribution in [3.05, 3.63) is 40.3 Å². The van der Waals surface area contributed by atoms with Gasteiger partial charge in [0.05, 0.1) is 5.69 Å². The molecular formula is C16H22N6O2. The van der Waals surface area contributed by atoms with E-state index in [0.29, 0.717) is 25.6 Å². The molecule has 1 aliphatic heterocycles. The molecule has 2 aromatic heterocycles. The maximum absolute atomic E-state index is 12.5. The van der Waals surface area contributed by atoms with Crippen LogP contribution in [0.3, 0.4) is 0 Å². The summed E-state index contributed by atoms with van der Waals surface area (Å²) >= 11 is 0. The number of carbonyl (C=O) groups is 1. The van der Waals surface area contributed by atoms with Crippen molar-refractivity contribution in [3.63, 3.8) is 0 Å². The molecule has 0 aliphatic carbocycles. The van der Waals surface area contributed by atoms with Gasteiger partial charge in [0, 0.05) is 51.6 Å². The Morgan fingerprint density at radius 1 is 1.46 bits per heavy atom. The molecule has 1 N–H and O–H groups in total. The number of H-pyrrole nitrogens is 1. The molecule has 0 spiro atoms. The van der Waals surface area contributed by atoms with Crippen LogP contribution < -0.4 is 10.5 Å². The van der Waals surface area contributed by atoms with Gasteiger partial charge in [0.2, 0.25) is 11.9 Å². The highest BCUT2D eigenvalue weighted by molar-refractivity contribution is 5.76. The molecule has 0 aromatic carbocycles. The first-order chi connectivity index (χ1) is 11.4. The van der Waals surface area contributed by atoms with E-state index < -0.39 is 0 Å². The molecule has 0 bridgehead atoms. The summed E-state index contributed by atoms with van der Waals surface area (Å²) < 4.78 is 1.84. The number of likely N-dealkylation sites (tertiary alicyclic amines) is 1. The topological polar surface area (TPSA) is 87.1 Å². The zero-order valence-electron chi connectivity index (χ0n) is 14.2. The molecule has 3 rings (SSSR count). The Labute approximate surface area is 140 Å². The van der Waals surface area contributed by atoms with Gasteiger partial charge in [-0.2, -0.15) is 0 Å². The molecular weight excluding hydrogens is 308 g/mol. The number of hydrogen-bond donors (Lipinski definition) is 1. The first-order valence-electron chi connectivity index (χ1n) is 7.98. The highest BCUT2D eigenvalue weighted by Crippen LogP contribution is 2.26. The molecule has 1 aliphatic rings. The van der Waals surface area contributed by atoms with Crippen LogP contribution >= 0.6 is 0 Å². The Kier molecular flexibility index (Phi) is 4.37. The average Bonchev–Trinajstić information content (AvgIpc) is 3.16. The van der Waals surface area contributed by atoms with Gasteiger partial charge in [-0.25, -0.2) is 9.97 Å². The molecule has 1 amide bonds. The van der Waals surface area contributed by atoms with Crippen LogP contribution in [0.1, 0.15) is 23.9 Å². The summed E-state index contributed by atoms with van der Waals surface area (Å²) in [6, 6.07) is 1.53. The fourth-order valence-corrected chi connectivity index (χ4v) is 2.93. The van der Waals surface area contributed by atoms with Crippen LogP contribution in [0.15, 0.2) is 23.3 Å². The number of aromatic amines is 1. The first-order valence-corrected chi connectivity index (χ1v) is 7.98. The van der Waals surface area contributed by atoms with Crippen molar-refractivity contribution in [3.8, 4) is 0 Å². The number of amides is 1. The van der Waals surface area contributed by atoms with E-state index in [0.717, 1.165) is 17.9 Å². The van der Waals surface area contributed by atoms with Gasteiger partial charge in [-0.05, 0) is 13.3 Å². The minimum atomic E-state index is -0.164. The summed E-state index contributed by atoms with van der Waals surface area (Å²) in [5.41, 5.74) is 0.582. The summed E-state index contributed by atoms with van der Waals surface area (Å²) in [7, 11) is 3.67. The van der Waals surface area contributed by atoms with Crippen molar-refractivity contribution in [2.45, 2.75) is 25.8 Å². The van der Waals surface area contributed by atoms with Crippen molar-refractivity contribution >= 4 is 11.9 Å². The van der Waals surface area contributed by atoms with Gasteiger partial charge < -0.3 is 14.4 Å². The van der Waals surface area contributed by atoms with Crippen LogP contribution in [0.5, 0.6) is 0 Å². The Morgan fingerprint density at radius 2 is 2.25 bits per heavy atom.